The topological polar surface area (TPSA) is 59.8 Å². The molecule has 3 aromatic rings. The van der Waals surface area contributed by atoms with Gasteiger partial charge in [-0.25, -0.2) is 0 Å². The van der Waals surface area contributed by atoms with Gasteiger partial charge in [-0.15, -0.1) is 10.2 Å². The van der Waals surface area contributed by atoms with Crippen molar-refractivity contribution in [2.24, 2.45) is 0 Å². The minimum Gasteiger partial charge on any atom is -0.325 e. The smallest absolute Gasteiger partial charge is 0.237 e. The van der Waals surface area contributed by atoms with Crippen molar-refractivity contribution < 1.29 is 4.79 Å². The van der Waals surface area contributed by atoms with Crippen molar-refractivity contribution in [1.29, 1.82) is 0 Å². The number of amides is 1. The molecule has 1 N–H and O–H groups in total. The zero-order valence-electron chi connectivity index (χ0n) is 17.7. The number of hydrogen-bond donors (Lipinski definition) is 1. The minimum atomic E-state index is -0.292. The van der Waals surface area contributed by atoms with Crippen LogP contribution in [0.1, 0.15) is 37.0 Å². The fourth-order valence-corrected chi connectivity index (χ4v) is 3.99. The van der Waals surface area contributed by atoms with Crippen LogP contribution < -0.4 is 5.32 Å². The molecule has 0 radical (unpaired) electrons. The molecule has 0 aliphatic carbocycles. The zero-order valence-corrected chi connectivity index (χ0v) is 18.5. The number of thioether (sulfide) groups is 1. The summed E-state index contributed by atoms with van der Waals surface area (Å²) < 4.78 is 2.11. The summed E-state index contributed by atoms with van der Waals surface area (Å²) in [6, 6.07) is 14.3. The lowest BCUT2D eigenvalue weighted by molar-refractivity contribution is -0.115. The van der Waals surface area contributed by atoms with Crippen LogP contribution in [-0.4, -0.2) is 25.9 Å². The number of nitrogens with one attached hydrogen (secondary N) is 1. The molecule has 29 heavy (non-hydrogen) atoms. The fraction of sp³-hybridized carbons (Fsp3) is 0.348. The first-order valence-corrected chi connectivity index (χ1v) is 10.8. The van der Waals surface area contributed by atoms with E-state index < -0.39 is 0 Å². The first-order valence-electron chi connectivity index (χ1n) is 9.94. The quantitative estimate of drug-likeness (QED) is 0.532. The van der Waals surface area contributed by atoms with E-state index in [1.807, 2.05) is 51.1 Å². The lowest BCUT2D eigenvalue weighted by Gasteiger charge is -2.15. The third-order valence-electron chi connectivity index (χ3n) is 4.74. The molecular formula is C23H28N4OS. The minimum absolute atomic E-state index is 0.0353. The first kappa shape index (κ1) is 21.1. The van der Waals surface area contributed by atoms with Crippen molar-refractivity contribution in [1.82, 2.24) is 14.8 Å². The van der Waals surface area contributed by atoms with E-state index in [4.69, 9.17) is 0 Å². The summed E-state index contributed by atoms with van der Waals surface area (Å²) >= 11 is 1.44. The Morgan fingerprint density at radius 1 is 1.10 bits per heavy atom. The molecule has 5 nitrogen and oxygen atoms in total. The Bertz CT molecular complexity index is 1010. The van der Waals surface area contributed by atoms with Crippen molar-refractivity contribution in [3.05, 3.63) is 59.2 Å². The van der Waals surface area contributed by atoms with Gasteiger partial charge in [-0.2, -0.15) is 0 Å². The van der Waals surface area contributed by atoms with Crippen LogP contribution in [0.4, 0.5) is 5.69 Å². The molecule has 0 spiro atoms. The normalized spacial score (nSPS) is 12.0. The Labute approximate surface area is 176 Å². The van der Waals surface area contributed by atoms with E-state index in [1.165, 1.54) is 17.3 Å². The van der Waals surface area contributed by atoms with E-state index in [2.05, 4.69) is 46.1 Å². The summed E-state index contributed by atoms with van der Waals surface area (Å²) in [6.45, 7) is 10.9. The van der Waals surface area contributed by atoms with Crippen LogP contribution in [0.2, 0.25) is 0 Å². The van der Waals surface area contributed by atoms with Crippen LogP contribution in [0.15, 0.2) is 47.6 Å². The lowest BCUT2D eigenvalue weighted by atomic mass is 10.1. The first-order chi connectivity index (χ1) is 13.9. The van der Waals surface area contributed by atoms with Crippen molar-refractivity contribution >= 4 is 23.4 Å². The molecule has 6 heteroatoms. The average Bonchev–Trinajstić information content (AvgIpc) is 3.07. The summed E-state index contributed by atoms with van der Waals surface area (Å²) in [5.41, 5.74) is 5.26. The second kappa shape index (κ2) is 9.27. The predicted molar refractivity (Wildman–Crippen MR) is 120 cm³/mol. The molecule has 0 aliphatic heterocycles. The molecule has 0 aliphatic rings. The maximum atomic E-state index is 12.8. The number of hydrogen-bond acceptors (Lipinski definition) is 4. The standard InChI is InChI=1S/C23H28N4OS/c1-6-12-27-21(19-9-7-8-15(2)13-19)25-26-23(27)29-18(5)22(28)24-20-14-16(3)10-11-17(20)4/h7-11,13-14,18H,6,12H2,1-5H3,(H,24,28). The second-order valence-corrected chi connectivity index (χ2v) is 8.70. The number of aryl methyl sites for hydroxylation is 3. The molecule has 1 heterocycles. The highest BCUT2D eigenvalue weighted by atomic mass is 32.2. The molecule has 1 amide bonds. The van der Waals surface area contributed by atoms with E-state index in [9.17, 15) is 4.79 Å². The summed E-state index contributed by atoms with van der Waals surface area (Å²) in [5, 5.41) is 12.4. The molecule has 2 aromatic carbocycles. The van der Waals surface area contributed by atoms with Gasteiger partial charge in [0.2, 0.25) is 5.91 Å². The highest BCUT2D eigenvalue weighted by Gasteiger charge is 2.21. The molecule has 0 fully saturated rings. The lowest BCUT2D eigenvalue weighted by Crippen LogP contribution is -2.23. The molecular weight excluding hydrogens is 380 g/mol. The highest BCUT2D eigenvalue weighted by Crippen LogP contribution is 2.28. The maximum Gasteiger partial charge on any atom is 0.237 e. The summed E-state index contributed by atoms with van der Waals surface area (Å²) in [5.74, 6) is 0.812. The molecule has 1 atom stereocenters. The number of carbonyl (C=O) groups excluding carboxylic acids is 1. The Kier molecular flexibility index (Phi) is 6.75. The monoisotopic (exact) mass is 408 g/mol. The van der Waals surface area contributed by atoms with E-state index in [0.29, 0.717) is 0 Å². The van der Waals surface area contributed by atoms with Crippen LogP contribution in [-0.2, 0) is 11.3 Å². The van der Waals surface area contributed by atoms with Gasteiger partial charge in [0.05, 0.1) is 5.25 Å². The van der Waals surface area contributed by atoms with Gasteiger partial charge in [-0.1, -0.05) is 54.6 Å². The number of benzene rings is 2. The van der Waals surface area contributed by atoms with Gasteiger partial charge in [0.1, 0.15) is 0 Å². The van der Waals surface area contributed by atoms with Crippen molar-refractivity contribution in [3.63, 3.8) is 0 Å². The number of carbonyl (C=O) groups is 1. The second-order valence-electron chi connectivity index (χ2n) is 7.40. The zero-order chi connectivity index (χ0) is 21.0. The van der Waals surface area contributed by atoms with Crippen LogP contribution >= 0.6 is 11.8 Å². The van der Waals surface area contributed by atoms with E-state index in [1.54, 1.807) is 0 Å². The average molecular weight is 409 g/mol. The van der Waals surface area contributed by atoms with E-state index >= 15 is 0 Å². The molecule has 0 bridgehead atoms. The highest BCUT2D eigenvalue weighted by molar-refractivity contribution is 8.00. The third kappa shape index (κ3) is 5.07. The Balaban J connectivity index is 1.80. The Morgan fingerprint density at radius 3 is 2.59 bits per heavy atom. The number of anilines is 1. The largest absolute Gasteiger partial charge is 0.325 e. The third-order valence-corrected chi connectivity index (χ3v) is 5.82. The molecule has 0 saturated heterocycles. The van der Waals surface area contributed by atoms with Crippen molar-refractivity contribution in [2.45, 2.75) is 58.0 Å². The Morgan fingerprint density at radius 2 is 1.86 bits per heavy atom. The molecule has 0 saturated carbocycles. The predicted octanol–water partition coefficient (Wildman–Crippen LogP) is 5.40. The number of aromatic nitrogens is 3. The maximum absolute atomic E-state index is 12.8. The van der Waals surface area contributed by atoms with E-state index in [0.717, 1.165) is 46.3 Å². The number of nitrogens with zero attached hydrogens (tertiary/aromatic N) is 3. The van der Waals surface area contributed by atoms with Crippen molar-refractivity contribution in [3.8, 4) is 11.4 Å². The van der Waals surface area contributed by atoms with Crippen LogP contribution in [0.3, 0.4) is 0 Å². The fourth-order valence-electron chi connectivity index (χ4n) is 3.12. The van der Waals surface area contributed by atoms with Crippen LogP contribution in [0.5, 0.6) is 0 Å². The van der Waals surface area contributed by atoms with Gasteiger partial charge in [-0.05, 0) is 57.4 Å². The van der Waals surface area contributed by atoms with E-state index in [-0.39, 0.29) is 11.2 Å². The molecule has 1 aromatic heterocycles. The van der Waals surface area contributed by atoms with Gasteiger partial charge >= 0.3 is 0 Å². The number of rotatable bonds is 7. The summed E-state index contributed by atoms with van der Waals surface area (Å²) in [7, 11) is 0. The van der Waals surface area contributed by atoms with Gasteiger partial charge in [0.15, 0.2) is 11.0 Å². The SMILES string of the molecule is CCCn1c(SC(C)C(=O)Nc2cc(C)ccc2C)nnc1-c1cccc(C)c1. The van der Waals surface area contributed by atoms with Crippen molar-refractivity contribution in [2.75, 3.05) is 5.32 Å². The molecule has 152 valence electrons. The van der Waals surface area contributed by atoms with Gasteiger partial charge in [0.25, 0.3) is 0 Å². The molecule has 1 unspecified atom stereocenters. The summed E-state index contributed by atoms with van der Waals surface area (Å²) in [6.07, 6.45) is 0.966. The van der Waals surface area contributed by atoms with Gasteiger partial charge < -0.3 is 9.88 Å². The van der Waals surface area contributed by atoms with Gasteiger partial charge in [0, 0.05) is 17.8 Å². The van der Waals surface area contributed by atoms with Gasteiger partial charge in [-0.3, -0.25) is 4.79 Å². The Hall–Kier alpha value is -2.60. The summed E-state index contributed by atoms with van der Waals surface area (Å²) in [4.78, 5) is 12.8. The van der Waals surface area contributed by atoms with Crippen LogP contribution in [0, 0.1) is 20.8 Å². The molecule has 3 rings (SSSR count). The van der Waals surface area contributed by atoms with Crippen LogP contribution in [0.25, 0.3) is 11.4 Å².